The molecule has 2 aromatic carbocycles. The molecule has 0 spiro atoms. The monoisotopic (exact) mass is 381 g/mol. The summed E-state index contributed by atoms with van der Waals surface area (Å²) < 4.78 is 32.8. The maximum atomic E-state index is 12.6. The van der Waals surface area contributed by atoms with Gasteiger partial charge in [0.15, 0.2) is 11.6 Å². The molecule has 112 valence electrons. The number of ketones is 2. The van der Waals surface area contributed by atoms with Crippen LogP contribution in [-0.2, 0) is 10.1 Å². The summed E-state index contributed by atoms with van der Waals surface area (Å²) in [7, 11) is -4.78. The number of hydrogen-bond donors (Lipinski definition) is 2. The molecule has 0 aromatic heterocycles. The molecule has 8 heteroatoms. The normalized spacial score (nSPS) is 13.7. The molecule has 0 saturated carbocycles. The minimum absolute atomic E-state index is 0.0756. The van der Waals surface area contributed by atoms with E-state index < -0.39 is 32.1 Å². The van der Waals surface area contributed by atoms with Gasteiger partial charge in [-0.05, 0) is 22.0 Å². The predicted molar refractivity (Wildman–Crippen MR) is 81.7 cm³/mol. The van der Waals surface area contributed by atoms with Gasteiger partial charge in [0.05, 0.1) is 11.3 Å². The van der Waals surface area contributed by atoms with Gasteiger partial charge >= 0.3 is 0 Å². The van der Waals surface area contributed by atoms with Crippen LogP contribution >= 0.6 is 15.9 Å². The second-order valence-electron chi connectivity index (χ2n) is 4.70. The number of halogens is 1. The molecule has 0 unspecified atom stereocenters. The van der Waals surface area contributed by atoms with Gasteiger partial charge in [-0.1, -0.05) is 24.3 Å². The van der Waals surface area contributed by atoms with Crippen molar-refractivity contribution in [2.75, 3.05) is 5.73 Å². The lowest BCUT2D eigenvalue weighted by Crippen LogP contribution is -2.24. The van der Waals surface area contributed by atoms with Crippen molar-refractivity contribution >= 4 is 43.3 Å². The van der Waals surface area contributed by atoms with E-state index in [1.807, 2.05) is 0 Å². The van der Waals surface area contributed by atoms with Gasteiger partial charge in [-0.2, -0.15) is 8.42 Å². The zero-order chi connectivity index (χ0) is 16.2. The average Bonchev–Trinajstić information content (AvgIpc) is 2.45. The summed E-state index contributed by atoms with van der Waals surface area (Å²) in [6.45, 7) is 0. The van der Waals surface area contributed by atoms with Crippen LogP contribution in [0.25, 0.3) is 0 Å². The molecule has 6 nitrogen and oxygen atoms in total. The third-order valence-electron chi connectivity index (χ3n) is 3.42. The minimum atomic E-state index is -4.78. The molecule has 0 heterocycles. The van der Waals surface area contributed by atoms with Crippen molar-refractivity contribution in [3.63, 3.8) is 0 Å². The summed E-state index contributed by atoms with van der Waals surface area (Å²) in [5.41, 5.74) is 5.10. The molecule has 0 bridgehead atoms. The Bertz CT molecular complexity index is 965. The Labute approximate surface area is 133 Å². The van der Waals surface area contributed by atoms with Crippen LogP contribution in [0.15, 0.2) is 39.7 Å². The highest BCUT2D eigenvalue weighted by molar-refractivity contribution is 9.10. The number of carbonyl (C=O) groups is 2. The van der Waals surface area contributed by atoms with Gasteiger partial charge in [-0.3, -0.25) is 14.1 Å². The number of carbonyl (C=O) groups excluding carboxylic acids is 2. The Balaban J connectivity index is 2.49. The van der Waals surface area contributed by atoms with Crippen molar-refractivity contribution in [1.82, 2.24) is 0 Å². The lowest BCUT2D eigenvalue weighted by molar-refractivity contribution is 0.0976. The largest absolute Gasteiger partial charge is 0.397 e. The lowest BCUT2D eigenvalue weighted by atomic mass is 9.84. The van der Waals surface area contributed by atoms with Crippen molar-refractivity contribution in [3.8, 4) is 0 Å². The van der Waals surface area contributed by atoms with Crippen LogP contribution in [0.4, 0.5) is 5.69 Å². The van der Waals surface area contributed by atoms with E-state index in [2.05, 4.69) is 15.9 Å². The first-order valence-corrected chi connectivity index (χ1v) is 8.24. The summed E-state index contributed by atoms with van der Waals surface area (Å²) >= 11 is 3.04. The van der Waals surface area contributed by atoms with Crippen LogP contribution < -0.4 is 5.73 Å². The molecule has 2 aromatic rings. The molecule has 0 aliphatic heterocycles. The van der Waals surface area contributed by atoms with E-state index in [9.17, 15) is 22.6 Å². The number of nitrogen functional groups attached to an aromatic ring is 1. The smallest absolute Gasteiger partial charge is 0.297 e. The fourth-order valence-electron chi connectivity index (χ4n) is 2.47. The van der Waals surface area contributed by atoms with Gasteiger partial charge in [0.2, 0.25) is 0 Å². The fourth-order valence-corrected chi connectivity index (χ4v) is 3.88. The zero-order valence-electron chi connectivity index (χ0n) is 10.8. The quantitative estimate of drug-likeness (QED) is 0.492. The summed E-state index contributed by atoms with van der Waals surface area (Å²) in [6, 6.07) is 7.35. The predicted octanol–water partition coefficient (Wildman–Crippen LogP) is 2.05. The van der Waals surface area contributed by atoms with E-state index >= 15 is 0 Å². The summed E-state index contributed by atoms with van der Waals surface area (Å²) in [4.78, 5) is 24.3. The highest BCUT2D eigenvalue weighted by Gasteiger charge is 2.36. The van der Waals surface area contributed by atoms with Gasteiger partial charge in [-0.25, -0.2) is 0 Å². The maximum Gasteiger partial charge on any atom is 0.297 e. The number of hydrogen-bond acceptors (Lipinski definition) is 5. The first-order chi connectivity index (χ1) is 10.2. The summed E-state index contributed by atoms with van der Waals surface area (Å²) in [5.74, 6) is -1.17. The SMILES string of the molecule is Nc1c(Br)cc2c(c1S(=O)(=O)O)C(=O)c1ccccc1C2=O. The van der Waals surface area contributed by atoms with E-state index in [1.165, 1.54) is 18.2 Å². The van der Waals surface area contributed by atoms with Gasteiger partial charge in [0.1, 0.15) is 4.90 Å². The molecule has 0 saturated heterocycles. The molecule has 0 fully saturated rings. The van der Waals surface area contributed by atoms with Crippen LogP contribution in [0.5, 0.6) is 0 Å². The Morgan fingerprint density at radius 1 is 1.00 bits per heavy atom. The molecule has 22 heavy (non-hydrogen) atoms. The Morgan fingerprint density at radius 2 is 1.55 bits per heavy atom. The summed E-state index contributed by atoms with van der Waals surface area (Å²) in [5, 5.41) is 0. The topological polar surface area (TPSA) is 115 Å². The standard InChI is InChI=1S/C14H8BrNO5S/c15-9-5-8-10(14(11(9)16)22(19,20)21)13(18)7-4-2-1-3-6(7)12(8)17/h1-5H,16H2,(H,19,20,21). The molecular weight excluding hydrogens is 374 g/mol. The van der Waals surface area contributed by atoms with E-state index in [-0.39, 0.29) is 26.9 Å². The van der Waals surface area contributed by atoms with Gasteiger partial charge < -0.3 is 5.73 Å². The molecule has 1 aliphatic rings. The van der Waals surface area contributed by atoms with Crippen molar-refractivity contribution in [2.24, 2.45) is 0 Å². The van der Waals surface area contributed by atoms with Crippen molar-refractivity contribution in [2.45, 2.75) is 4.90 Å². The molecule has 0 amide bonds. The van der Waals surface area contributed by atoms with Gasteiger partial charge in [-0.15, -0.1) is 0 Å². The van der Waals surface area contributed by atoms with Gasteiger partial charge in [0.25, 0.3) is 10.1 Å². The first kappa shape index (κ1) is 14.9. The second-order valence-corrected chi connectivity index (χ2v) is 6.92. The van der Waals surface area contributed by atoms with Crippen LogP contribution in [0.3, 0.4) is 0 Å². The molecule has 3 rings (SSSR count). The number of anilines is 1. The van der Waals surface area contributed by atoms with Crippen LogP contribution in [-0.4, -0.2) is 24.5 Å². The third-order valence-corrected chi connectivity index (χ3v) is 5.01. The Hall–Kier alpha value is -2.03. The van der Waals surface area contributed by atoms with Crippen molar-refractivity contribution < 1.29 is 22.6 Å². The molecule has 1 aliphatic carbocycles. The lowest BCUT2D eigenvalue weighted by Gasteiger charge is -2.20. The molecule has 0 atom stereocenters. The number of nitrogens with two attached hydrogens (primary N) is 1. The van der Waals surface area contributed by atoms with Crippen LogP contribution in [0, 0.1) is 0 Å². The molecule has 3 N–H and O–H groups in total. The van der Waals surface area contributed by atoms with E-state index in [0.717, 1.165) is 0 Å². The Kier molecular flexibility index (Phi) is 3.20. The zero-order valence-corrected chi connectivity index (χ0v) is 13.2. The molecular formula is C14H8BrNO5S. The van der Waals surface area contributed by atoms with E-state index in [4.69, 9.17) is 5.73 Å². The van der Waals surface area contributed by atoms with Crippen LogP contribution in [0.2, 0.25) is 0 Å². The second kappa shape index (κ2) is 4.73. The number of benzene rings is 2. The highest BCUT2D eigenvalue weighted by atomic mass is 79.9. The Morgan fingerprint density at radius 3 is 2.09 bits per heavy atom. The maximum absolute atomic E-state index is 12.6. The van der Waals surface area contributed by atoms with Crippen molar-refractivity contribution in [1.29, 1.82) is 0 Å². The van der Waals surface area contributed by atoms with E-state index in [1.54, 1.807) is 12.1 Å². The fraction of sp³-hybridized carbons (Fsp3) is 0. The first-order valence-electron chi connectivity index (χ1n) is 6.01. The van der Waals surface area contributed by atoms with Gasteiger partial charge in [0, 0.05) is 21.2 Å². The summed E-state index contributed by atoms with van der Waals surface area (Å²) in [6.07, 6.45) is 0. The van der Waals surface area contributed by atoms with E-state index in [0.29, 0.717) is 0 Å². The average molecular weight is 382 g/mol. The highest BCUT2D eigenvalue weighted by Crippen LogP contribution is 2.38. The minimum Gasteiger partial charge on any atom is -0.397 e. The number of fused-ring (bicyclic) bond motifs is 2. The number of rotatable bonds is 1. The molecule has 0 radical (unpaired) electrons. The third kappa shape index (κ3) is 1.99. The van der Waals surface area contributed by atoms with Crippen molar-refractivity contribution in [3.05, 3.63) is 57.1 Å². The van der Waals surface area contributed by atoms with Crippen LogP contribution in [0.1, 0.15) is 31.8 Å².